The molecule has 0 aromatic heterocycles. The summed E-state index contributed by atoms with van der Waals surface area (Å²) in [6.45, 7) is 5.30. The molecule has 1 amide bonds. The largest absolute Gasteiger partial charge is 0.497 e. The number of anilines is 1. The van der Waals surface area contributed by atoms with Gasteiger partial charge in [0.2, 0.25) is 5.91 Å². The van der Waals surface area contributed by atoms with E-state index in [1.807, 2.05) is 42.5 Å². The molecule has 0 aliphatic rings. The van der Waals surface area contributed by atoms with E-state index in [4.69, 9.17) is 4.74 Å². The number of hydrogen-bond acceptors (Lipinski definition) is 3. The van der Waals surface area contributed by atoms with Gasteiger partial charge >= 0.3 is 0 Å². The minimum atomic E-state index is -0.0251. The van der Waals surface area contributed by atoms with Crippen molar-refractivity contribution >= 4 is 11.6 Å². The van der Waals surface area contributed by atoms with Gasteiger partial charge in [-0.25, -0.2) is 0 Å². The van der Waals surface area contributed by atoms with Gasteiger partial charge < -0.3 is 10.1 Å². The molecule has 4 nitrogen and oxygen atoms in total. The zero-order valence-electron chi connectivity index (χ0n) is 14.0. The molecule has 2 rings (SSSR count). The Bertz CT molecular complexity index is 626. The highest BCUT2D eigenvalue weighted by molar-refractivity contribution is 5.92. The third kappa shape index (κ3) is 5.42. The number of hydrogen-bond donors (Lipinski definition) is 1. The maximum atomic E-state index is 12.3. The van der Waals surface area contributed by atoms with Crippen LogP contribution in [-0.2, 0) is 11.3 Å². The van der Waals surface area contributed by atoms with E-state index < -0.39 is 0 Å². The lowest BCUT2D eigenvalue weighted by Crippen LogP contribution is -2.37. The Morgan fingerprint density at radius 2 is 1.87 bits per heavy atom. The van der Waals surface area contributed by atoms with E-state index in [0.29, 0.717) is 6.54 Å². The van der Waals surface area contributed by atoms with Gasteiger partial charge in [-0.05, 0) is 31.5 Å². The molecule has 0 unspecified atom stereocenters. The highest BCUT2D eigenvalue weighted by atomic mass is 16.5. The first-order chi connectivity index (χ1) is 11.1. The first-order valence-corrected chi connectivity index (χ1v) is 7.80. The molecule has 0 aliphatic heterocycles. The molecule has 2 aromatic carbocycles. The van der Waals surface area contributed by atoms with Crippen molar-refractivity contribution in [3.8, 4) is 5.75 Å². The zero-order valence-corrected chi connectivity index (χ0v) is 14.0. The highest BCUT2D eigenvalue weighted by Crippen LogP contribution is 2.17. The van der Waals surface area contributed by atoms with Gasteiger partial charge in [0.1, 0.15) is 5.75 Å². The van der Waals surface area contributed by atoms with Gasteiger partial charge in [0.15, 0.2) is 0 Å². The molecule has 0 spiro atoms. The number of carbonyl (C=O) groups excluding carboxylic acids is 1. The van der Waals surface area contributed by atoms with Crippen LogP contribution in [0.2, 0.25) is 0 Å². The van der Waals surface area contributed by atoms with Gasteiger partial charge in [0, 0.05) is 24.3 Å². The highest BCUT2D eigenvalue weighted by Gasteiger charge is 2.14. The second-order valence-electron chi connectivity index (χ2n) is 5.76. The summed E-state index contributed by atoms with van der Waals surface area (Å²) in [6.07, 6.45) is 0. The van der Waals surface area contributed by atoms with Crippen LogP contribution in [0.3, 0.4) is 0 Å². The first-order valence-electron chi connectivity index (χ1n) is 7.80. The lowest BCUT2D eigenvalue weighted by Gasteiger charge is -2.26. The van der Waals surface area contributed by atoms with Gasteiger partial charge in [-0.15, -0.1) is 0 Å². The number of ether oxygens (including phenoxy) is 1. The summed E-state index contributed by atoms with van der Waals surface area (Å²) in [5, 5.41) is 2.93. The molecule has 0 heterocycles. The summed E-state index contributed by atoms with van der Waals surface area (Å²) < 4.78 is 5.17. The summed E-state index contributed by atoms with van der Waals surface area (Å²) >= 11 is 0. The van der Waals surface area contributed by atoms with Gasteiger partial charge in [0.05, 0.1) is 13.7 Å². The van der Waals surface area contributed by atoms with E-state index in [1.165, 1.54) is 5.56 Å². The van der Waals surface area contributed by atoms with E-state index in [1.54, 1.807) is 7.11 Å². The standard InChI is InChI=1S/C19H24N2O2/c1-15(2)21(13-16-8-5-4-6-9-16)14-19(22)20-17-10-7-11-18(12-17)23-3/h4-12,15H,13-14H2,1-3H3,(H,20,22). The number of rotatable bonds is 7. The molecule has 2 aromatic rings. The quantitative estimate of drug-likeness (QED) is 0.850. The Kier molecular flexibility index (Phi) is 6.18. The third-order valence-electron chi connectivity index (χ3n) is 3.66. The monoisotopic (exact) mass is 312 g/mol. The fourth-order valence-corrected chi connectivity index (χ4v) is 2.32. The predicted molar refractivity (Wildman–Crippen MR) is 93.6 cm³/mol. The van der Waals surface area contributed by atoms with E-state index >= 15 is 0 Å². The van der Waals surface area contributed by atoms with Crippen molar-refractivity contribution in [2.45, 2.75) is 26.4 Å². The Hall–Kier alpha value is -2.33. The number of amides is 1. The minimum absolute atomic E-state index is 0.0251. The number of nitrogens with one attached hydrogen (secondary N) is 1. The van der Waals surface area contributed by atoms with Gasteiger partial charge in [0.25, 0.3) is 0 Å². The zero-order chi connectivity index (χ0) is 16.7. The minimum Gasteiger partial charge on any atom is -0.497 e. The summed E-state index contributed by atoms with van der Waals surface area (Å²) in [5.74, 6) is 0.704. The molecule has 0 atom stereocenters. The lowest BCUT2D eigenvalue weighted by molar-refractivity contribution is -0.117. The molecule has 122 valence electrons. The van der Waals surface area contributed by atoms with Crippen molar-refractivity contribution in [3.63, 3.8) is 0 Å². The van der Waals surface area contributed by atoms with Crippen LogP contribution in [0.1, 0.15) is 19.4 Å². The Labute approximate surface area is 138 Å². The van der Waals surface area contributed by atoms with Gasteiger partial charge in [-0.3, -0.25) is 9.69 Å². The summed E-state index contributed by atoms with van der Waals surface area (Å²) in [6, 6.07) is 17.9. The average Bonchev–Trinajstić information content (AvgIpc) is 2.55. The fourth-order valence-electron chi connectivity index (χ4n) is 2.32. The number of methoxy groups -OCH3 is 1. The number of nitrogens with zero attached hydrogens (tertiary/aromatic N) is 1. The van der Waals surface area contributed by atoms with E-state index in [2.05, 4.69) is 36.2 Å². The smallest absolute Gasteiger partial charge is 0.238 e. The van der Waals surface area contributed by atoms with Crippen LogP contribution in [0.25, 0.3) is 0 Å². The molecular weight excluding hydrogens is 288 g/mol. The van der Waals surface area contributed by atoms with Gasteiger partial charge in [-0.1, -0.05) is 36.4 Å². The number of benzene rings is 2. The van der Waals surface area contributed by atoms with Crippen LogP contribution in [0, 0.1) is 0 Å². The molecular formula is C19H24N2O2. The van der Waals surface area contributed by atoms with Crippen molar-refractivity contribution in [1.29, 1.82) is 0 Å². The van der Waals surface area contributed by atoms with Crippen molar-refractivity contribution in [2.24, 2.45) is 0 Å². The Morgan fingerprint density at radius 1 is 1.13 bits per heavy atom. The molecule has 0 saturated carbocycles. The van der Waals surface area contributed by atoms with Crippen molar-refractivity contribution in [3.05, 3.63) is 60.2 Å². The molecule has 0 bridgehead atoms. The molecule has 0 aliphatic carbocycles. The average molecular weight is 312 g/mol. The van der Waals surface area contributed by atoms with Crippen molar-refractivity contribution in [2.75, 3.05) is 19.0 Å². The van der Waals surface area contributed by atoms with Crippen LogP contribution in [0.5, 0.6) is 5.75 Å². The second-order valence-corrected chi connectivity index (χ2v) is 5.76. The van der Waals surface area contributed by atoms with Gasteiger partial charge in [-0.2, -0.15) is 0 Å². The fraction of sp³-hybridized carbons (Fsp3) is 0.316. The van der Waals surface area contributed by atoms with Crippen molar-refractivity contribution in [1.82, 2.24) is 4.90 Å². The van der Waals surface area contributed by atoms with E-state index in [-0.39, 0.29) is 11.9 Å². The van der Waals surface area contributed by atoms with Crippen LogP contribution in [-0.4, -0.2) is 30.5 Å². The molecule has 4 heteroatoms. The maximum Gasteiger partial charge on any atom is 0.238 e. The molecule has 0 radical (unpaired) electrons. The summed E-state index contributed by atoms with van der Waals surface area (Å²) in [4.78, 5) is 14.5. The maximum absolute atomic E-state index is 12.3. The van der Waals surface area contributed by atoms with Crippen LogP contribution >= 0.6 is 0 Å². The summed E-state index contributed by atoms with van der Waals surface area (Å²) in [7, 11) is 1.61. The van der Waals surface area contributed by atoms with Crippen molar-refractivity contribution < 1.29 is 9.53 Å². The SMILES string of the molecule is COc1cccc(NC(=O)CN(Cc2ccccc2)C(C)C)c1. The second kappa shape index (κ2) is 8.34. The first kappa shape index (κ1) is 17.0. The normalized spacial score (nSPS) is 10.8. The lowest BCUT2D eigenvalue weighted by atomic mass is 10.2. The molecule has 1 N–H and O–H groups in total. The third-order valence-corrected chi connectivity index (χ3v) is 3.66. The molecule has 0 fully saturated rings. The van der Waals surface area contributed by atoms with E-state index in [0.717, 1.165) is 18.0 Å². The number of carbonyl (C=O) groups is 1. The Morgan fingerprint density at radius 3 is 2.52 bits per heavy atom. The van der Waals surface area contributed by atoms with Crippen LogP contribution in [0.15, 0.2) is 54.6 Å². The topological polar surface area (TPSA) is 41.6 Å². The molecule has 23 heavy (non-hydrogen) atoms. The molecule has 0 saturated heterocycles. The summed E-state index contributed by atoms with van der Waals surface area (Å²) in [5.41, 5.74) is 1.95. The van der Waals surface area contributed by atoms with E-state index in [9.17, 15) is 4.79 Å². The Balaban J connectivity index is 1.97. The predicted octanol–water partition coefficient (Wildman–Crippen LogP) is 3.54. The van der Waals surface area contributed by atoms with Crippen LogP contribution < -0.4 is 10.1 Å². The van der Waals surface area contributed by atoms with Crippen LogP contribution in [0.4, 0.5) is 5.69 Å².